The van der Waals surface area contributed by atoms with Gasteiger partial charge in [-0.05, 0) is 26.3 Å². The van der Waals surface area contributed by atoms with Gasteiger partial charge >= 0.3 is 12.1 Å². The molecule has 0 bridgehead atoms. The molecule has 0 aliphatic rings. The van der Waals surface area contributed by atoms with Gasteiger partial charge in [0, 0.05) is 24.5 Å². The van der Waals surface area contributed by atoms with Crippen LogP contribution >= 0.6 is 0 Å². The van der Waals surface area contributed by atoms with Crippen molar-refractivity contribution in [2.75, 3.05) is 132 Å². The minimum atomic E-state index is -0.884. The van der Waals surface area contributed by atoms with E-state index in [0.29, 0.717) is 106 Å². The average molecular weight is 670 g/mol. The number of aliphatic carboxylic acids is 1. The van der Waals surface area contributed by atoms with Crippen LogP contribution in [0.15, 0.2) is 5.11 Å². The molecule has 46 heavy (non-hydrogen) atoms. The monoisotopic (exact) mass is 669 g/mol. The number of carbonyl (C=O) groups excluding carboxylic acids is 1. The standard InChI is InChI=1S/C28H55N5O13/c1-28(2,3)46-27(36)31-6-5-30-25(24-44-9-7-32-33-29)45-23-22-43-21-20-42-19-18-41-17-16-40-15-14-39-13-12-38-11-10-37-8-4-26(34)35/h25,30H,4-24H2,1-3H3,(H,31,36)(H,34,35). The van der Waals surface area contributed by atoms with E-state index in [1.165, 1.54) is 0 Å². The number of nitrogens with zero attached hydrogens (tertiary/aromatic N) is 3. The molecule has 0 saturated carbocycles. The Morgan fingerprint density at radius 3 is 1.59 bits per heavy atom. The van der Waals surface area contributed by atoms with Gasteiger partial charge in [0.25, 0.3) is 0 Å². The van der Waals surface area contributed by atoms with Gasteiger partial charge in [0.15, 0.2) is 0 Å². The van der Waals surface area contributed by atoms with Crippen molar-refractivity contribution in [2.24, 2.45) is 5.11 Å². The highest BCUT2D eigenvalue weighted by atomic mass is 16.6. The summed E-state index contributed by atoms with van der Waals surface area (Å²) in [5.41, 5.74) is 7.79. The lowest BCUT2D eigenvalue weighted by Gasteiger charge is -2.21. The molecule has 0 rings (SSSR count). The smallest absolute Gasteiger partial charge is 0.407 e. The van der Waals surface area contributed by atoms with Crippen molar-refractivity contribution >= 4 is 12.1 Å². The first-order valence-corrected chi connectivity index (χ1v) is 15.4. The highest BCUT2D eigenvalue weighted by Crippen LogP contribution is 2.06. The number of ether oxygens (including phenoxy) is 10. The maximum absolute atomic E-state index is 11.8. The van der Waals surface area contributed by atoms with Crippen LogP contribution in [0.25, 0.3) is 10.4 Å². The zero-order chi connectivity index (χ0) is 34.0. The summed E-state index contributed by atoms with van der Waals surface area (Å²) in [7, 11) is 0. The lowest BCUT2D eigenvalue weighted by atomic mass is 10.2. The van der Waals surface area contributed by atoms with Gasteiger partial charge in [0.1, 0.15) is 11.8 Å². The van der Waals surface area contributed by atoms with Crippen LogP contribution < -0.4 is 10.6 Å². The molecule has 0 aromatic carbocycles. The van der Waals surface area contributed by atoms with Crippen molar-refractivity contribution in [1.82, 2.24) is 10.6 Å². The van der Waals surface area contributed by atoms with E-state index < -0.39 is 23.9 Å². The van der Waals surface area contributed by atoms with Crippen LogP contribution in [0.5, 0.6) is 0 Å². The predicted molar refractivity (Wildman–Crippen MR) is 165 cm³/mol. The normalized spacial score (nSPS) is 12.1. The third-order valence-electron chi connectivity index (χ3n) is 5.07. The summed E-state index contributed by atoms with van der Waals surface area (Å²) < 4.78 is 54.2. The minimum Gasteiger partial charge on any atom is -0.481 e. The van der Waals surface area contributed by atoms with E-state index in [-0.39, 0.29) is 32.8 Å². The van der Waals surface area contributed by atoms with Gasteiger partial charge < -0.3 is 57.8 Å². The van der Waals surface area contributed by atoms with E-state index >= 15 is 0 Å². The van der Waals surface area contributed by atoms with E-state index in [1.54, 1.807) is 20.8 Å². The number of rotatable bonds is 34. The molecular formula is C28H55N5O13. The molecule has 0 fully saturated rings. The fourth-order valence-electron chi connectivity index (χ4n) is 3.05. The third kappa shape index (κ3) is 36.1. The molecule has 18 nitrogen and oxygen atoms in total. The summed E-state index contributed by atoms with van der Waals surface area (Å²) >= 11 is 0. The SMILES string of the molecule is CC(C)(C)OC(=O)NCCNC(COCCN=[N+]=[N-])OCCOCCOCCOCCOCCOCCOCCOCCC(=O)O. The van der Waals surface area contributed by atoms with Crippen LogP contribution in [0.4, 0.5) is 4.79 Å². The number of carbonyl (C=O) groups is 2. The van der Waals surface area contributed by atoms with Gasteiger partial charge in [-0.2, -0.15) is 0 Å². The summed E-state index contributed by atoms with van der Waals surface area (Å²) in [6, 6.07) is 0. The predicted octanol–water partition coefficient (Wildman–Crippen LogP) is 1.36. The Balaban J connectivity index is 3.61. The third-order valence-corrected chi connectivity index (χ3v) is 5.07. The van der Waals surface area contributed by atoms with Gasteiger partial charge in [-0.1, -0.05) is 5.11 Å². The van der Waals surface area contributed by atoms with Gasteiger partial charge in [-0.15, -0.1) is 0 Å². The highest BCUT2D eigenvalue weighted by molar-refractivity contribution is 5.67. The summed E-state index contributed by atoms with van der Waals surface area (Å²) in [6.45, 7) is 12.8. The fraction of sp³-hybridized carbons (Fsp3) is 0.929. The molecule has 0 aromatic heterocycles. The number of alkyl carbamates (subject to hydrolysis) is 1. The quantitative estimate of drug-likeness (QED) is 0.0290. The Labute approximate surface area is 271 Å². The Kier molecular flexibility index (Phi) is 30.9. The van der Waals surface area contributed by atoms with Gasteiger partial charge in [-0.3, -0.25) is 10.1 Å². The molecule has 0 spiro atoms. The van der Waals surface area contributed by atoms with Crippen molar-refractivity contribution in [3.63, 3.8) is 0 Å². The zero-order valence-electron chi connectivity index (χ0n) is 27.6. The Hall–Kier alpha value is -2.35. The summed E-state index contributed by atoms with van der Waals surface area (Å²) in [5.74, 6) is -0.884. The first kappa shape index (κ1) is 43.6. The van der Waals surface area contributed by atoms with Gasteiger partial charge in [0.05, 0.1) is 119 Å². The Bertz CT molecular complexity index is 771. The van der Waals surface area contributed by atoms with Crippen LogP contribution in [-0.4, -0.2) is 161 Å². The molecule has 3 N–H and O–H groups in total. The van der Waals surface area contributed by atoms with Crippen molar-refractivity contribution in [3.05, 3.63) is 10.4 Å². The first-order valence-electron chi connectivity index (χ1n) is 15.4. The lowest BCUT2D eigenvalue weighted by molar-refractivity contribution is -0.138. The molecule has 1 amide bonds. The molecule has 0 heterocycles. The molecule has 0 aliphatic carbocycles. The first-order chi connectivity index (χ1) is 22.2. The lowest BCUT2D eigenvalue weighted by Crippen LogP contribution is -2.42. The molecule has 270 valence electrons. The number of hydrogen-bond donors (Lipinski definition) is 3. The summed E-state index contributed by atoms with van der Waals surface area (Å²) in [4.78, 5) is 24.8. The number of carboxylic acid groups (broad SMARTS) is 1. The van der Waals surface area contributed by atoms with E-state index in [4.69, 9.17) is 58.0 Å². The number of carboxylic acids is 1. The number of nitrogens with one attached hydrogen (secondary N) is 2. The van der Waals surface area contributed by atoms with Crippen LogP contribution in [0.2, 0.25) is 0 Å². The maximum Gasteiger partial charge on any atom is 0.407 e. The maximum atomic E-state index is 11.8. The molecule has 0 aromatic rings. The van der Waals surface area contributed by atoms with E-state index in [0.717, 1.165) is 0 Å². The minimum absolute atomic E-state index is 0.0141. The van der Waals surface area contributed by atoms with Crippen molar-refractivity contribution < 1.29 is 62.1 Å². The van der Waals surface area contributed by atoms with E-state index in [1.807, 2.05) is 0 Å². The molecule has 0 saturated heterocycles. The summed E-state index contributed by atoms with van der Waals surface area (Å²) in [5, 5.41) is 17.7. The van der Waals surface area contributed by atoms with Crippen LogP contribution in [0, 0.1) is 0 Å². The van der Waals surface area contributed by atoms with E-state index in [9.17, 15) is 9.59 Å². The van der Waals surface area contributed by atoms with Crippen molar-refractivity contribution in [3.8, 4) is 0 Å². The van der Waals surface area contributed by atoms with Crippen molar-refractivity contribution in [1.29, 1.82) is 0 Å². The molecule has 18 heteroatoms. The van der Waals surface area contributed by atoms with Crippen molar-refractivity contribution in [2.45, 2.75) is 39.0 Å². The van der Waals surface area contributed by atoms with Crippen LogP contribution in [-0.2, 0) is 52.2 Å². The number of azide groups is 1. The summed E-state index contributed by atoms with van der Waals surface area (Å²) in [6.07, 6.45) is -0.960. The van der Waals surface area contributed by atoms with Gasteiger partial charge in [0.2, 0.25) is 0 Å². The fourth-order valence-corrected chi connectivity index (χ4v) is 3.05. The average Bonchev–Trinajstić information content (AvgIpc) is 2.99. The second-order valence-electron chi connectivity index (χ2n) is 10.2. The molecule has 1 atom stereocenters. The number of amides is 1. The molecule has 0 radical (unpaired) electrons. The molecule has 0 aliphatic heterocycles. The molecular weight excluding hydrogens is 614 g/mol. The number of hydrogen-bond acceptors (Lipinski definition) is 14. The Morgan fingerprint density at radius 2 is 1.15 bits per heavy atom. The second-order valence-corrected chi connectivity index (χ2v) is 10.2. The molecule has 1 unspecified atom stereocenters. The Morgan fingerprint density at radius 1 is 0.696 bits per heavy atom. The van der Waals surface area contributed by atoms with Crippen LogP contribution in [0.3, 0.4) is 0 Å². The van der Waals surface area contributed by atoms with E-state index in [2.05, 4.69) is 20.7 Å². The zero-order valence-corrected chi connectivity index (χ0v) is 27.6. The largest absolute Gasteiger partial charge is 0.481 e. The second kappa shape index (κ2) is 32.6. The van der Waals surface area contributed by atoms with Crippen LogP contribution in [0.1, 0.15) is 27.2 Å². The highest BCUT2D eigenvalue weighted by Gasteiger charge is 2.16. The topological polar surface area (TPSA) is 219 Å². The van der Waals surface area contributed by atoms with Gasteiger partial charge in [-0.25, -0.2) is 4.79 Å².